The molecule has 0 amide bonds. The quantitative estimate of drug-likeness (QED) is 0.649. The van der Waals surface area contributed by atoms with Crippen molar-refractivity contribution >= 4 is 35.2 Å². The van der Waals surface area contributed by atoms with Crippen LogP contribution in [0.5, 0.6) is 0 Å². The molecule has 1 saturated heterocycles. The van der Waals surface area contributed by atoms with Crippen LogP contribution in [-0.2, 0) is 4.65 Å². The van der Waals surface area contributed by atoms with Gasteiger partial charge in [0, 0.05) is 5.69 Å². The molecular formula is C22H27BN2O2. The van der Waals surface area contributed by atoms with Gasteiger partial charge in [-0.2, -0.15) is 4.98 Å². The van der Waals surface area contributed by atoms with E-state index in [0.29, 0.717) is 6.01 Å². The molecule has 4 nitrogen and oxygen atoms in total. The highest BCUT2D eigenvalue weighted by atomic mass is 16.5. The van der Waals surface area contributed by atoms with Crippen LogP contribution in [0.15, 0.2) is 40.8 Å². The second kappa shape index (κ2) is 6.13. The first-order valence-corrected chi connectivity index (χ1v) is 9.57. The molecule has 1 N–H and O–H groups in total. The van der Waals surface area contributed by atoms with E-state index in [4.69, 9.17) is 9.07 Å². The van der Waals surface area contributed by atoms with Crippen LogP contribution in [-0.4, -0.2) is 17.5 Å². The van der Waals surface area contributed by atoms with E-state index >= 15 is 0 Å². The smallest absolute Gasteiger partial charge is 0.327 e. The number of aryl methyl sites for hydroxylation is 2. The SMILES string of the molecule is Cc1cc(C)c2oc(Nc3ccc(B4CC(C)(C)C(C)(C)O4)cc3)nc2c1. The average molecular weight is 362 g/mol. The molecule has 0 aliphatic carbocycles. The highest BCUT2D eigenvalue weighted by Gasteiger charge is 2.49. The molecule has 140 valence electrons. The first kappa shape index (κ1) is 18.1. The Morgan fingerprint density at radius 2 is 1.74 bits per heavy atom. The summed E-state index contributed by atoms with van der Waals surface area (Å²) >= 11 is 0. The van der Waals surface area contributed by atoms with Crippen molar-refractivity contribution in [3.05, 3.63) is 47.5 Å². The van der Waals surface area contributed by atoms with Gasteiger partial charge in [0.05, 0.1) is 5.60 Å². The molecule has 27 heavy (non-hydrogen) atoms. The van der Waals surface area contributed by atoms with Crippen LogP contribution in [0.1, 0.15) is 38.8 Å². The van der Waals surface area contributed by atoms with Gasteiger partial charge in [0.2, 0.25) is 0 Å². The lowest BCUT2D eigenvalue weighted by Gasteiger charge is -2.34. The Morgan fingerprint density at radius 1 is 1.04 bits per heavy atom. The molecule has 2 heterocycles. The summed E-state index contributed by atoms with van der Waals surface area (Å²) in [6.45, 7) is 13.2. The van der Waals surface area contributed by atoms with Gasteiger partial charge in [-0.25, -0.2) is 0 Å². The number of nitrogens with one attached hydrogen (secondary N) is 1. The fourth-order valence-electron chi connectivity index (χ4n) is 3.79. The standard InChI is InChI=1S/C22H27BN2O2/c1-14-11-15(2)19-18(12-14)25-20(26-19)24-17-9-7-16(8-10-17)23-13-21(3,4)22(5,6)27-23/h7-12H,13H2,1-6H3,(H,24,25). The largest absolute Gasteiger partial charge is 0.426 e. The number of benzene rings is 2. The third-order valence-corrected chi connectivity index (χ3v) is 6.12. The minimum absolute atomic E-state index is 0.122. The zero-order valence-electron chi connectivity index (χ0n) is 17.0. The van der Waals surface area contributed by atoms with Crippen LogP contribution in [0.4, 0.5) is 11.7 Å². The monoisotopic (exact) mass is 362 g/mol. The molecule has 1 fully saturated rings. The second-order valence-electron chi connectivity index (χ2n) is 8.90. The maximum Gasteiger partial charge on any atom is 0.327 e. The van der Waals surface area contributed by atoms with E-state index in [2.05, 4.69) is 75.3 Å². The fourth-order valence-corrected chi connectivity index (χ4v) is 3.79. The molecule has 3 aromatic rings. The Bertz CT molecular complexity index is 973. The lowest BCUT2D eigenvalue weighted by atomic mass is 9.54. The zero-order valence-corrected chi connectivity index (χ0v) is 17.0. The van der Waals surface area contributed by atoms with Crippen LogP contribution >= 0.6 is 0 Å². The minimum atomic E-state index is -0.122. The minimum Gasteiger partial charge on any atom is -0.426 e. The maximum atomic E-state index is 6.32. The topological polar surface area (TPSA) is 47.3 Å². The van der Waals surface area contributed by atoms with Gasteiger partial charge in [-0.3, -0.25) is 0 Å². The summed E-state index contributed by atoms with van der Waals surface area (Å²) in [5.41, 5.74) is 6.21. The van der Waals surface area contributed by atoms with E-state index in [-0.39, 0.29) is 17.9 Å². The van der Waals surface area contributed by atoms with Crippen molar-refractivity contribution in [3.63, 3.8) is 0 Å². The molecule has 5 heteroatoms. The van der Waals surface area contributed by atoms with Gasteiger partial charge >= 0.3 is 6.92 Å². The number of fused-ring (bicyclic) bond motifs is 1. The first-order valence-electron chi connectivity index (χ1n) is 9.57. The summed E-state index contributed by atoms with van der Waals surface area (Å²) in [6, 6.07) is 13.0. The Hall–Kier alpha value is -2.27. The van der Waals surface area contributed by atoms with E-state index in [9.17, 15) is 0 Å². The first-order chi connectivity index (χ1) is 12.6. The lowest BCUT2D eigenvalue weighted by Crippen LogP contribution is -2.36. The van der Waals surface area contributed by atoms with Crippen molar-refractivity contribution in [2.45, 2.75) is 53.5 Å². The molecule has 1 aromatic heterocycles. The molecule has 1 aliphatic heterocycles. The molecule has 0 radical (unpaired) electrons. The Morgan fingerprint density at radius 3 is 2.37 bits per heavy atom. The summed E-state index contributed by atoms with van der Waals surface area (Å²) in [5, 5.41) is 3.27. The van der Waals surface area contributed by atoms with Crippen molar-refractivity contribution in [3.8, 4) is 0 Å². The fraction of sp³-hybridized carbons (Fsp3) is 0.409. The molecular weight excluding hydrogens is 335 g/mol. The number of oxazole rings is 1. The molecule has 4 rings (SSSR count). The highest BCUT2D eigenvalue weighted by molar-refractivity contribution is 6.68. The second-order valence-corrected chi connectivity index (χ2v) is 8.90. The van der Waals surface area contributed by atoms with Gasteiger partial charge < -0.3 is 14.4 Å². The Labute approximate surface area is 161 Å². The molecule has 0 bridgehead atoms. The average Bonchev–Trinajstić information content (AvgIpc) is 3.06. The zero-order chi connectivity index (χ0) is 19.4. The van der Waals surface area contributed by atoms with Gasteiger partial charge in [-0.1, -0.05) is 32.0 Å². The van der Waals surface area contributed by atoms with E-state index in [1.54, 1.807) is 0 Å². The van der Waals surface area contributed by atoms with Crippen molar-refractivity contribution in [1.29, 1.82) is 0 Å². The molecule has 0 atom stereocenters. The summed E-state index contributed by atoms with van der Waals surface area (Å²) in [6.07, 6.45) is 1.02. The lowest BCUT2D eigenvalue weighted by molar-refractivity contribution is 0.0375. The van der Waals surface area contributed by atoms with Gasteiger partial charge in [0.25, 0.3) is 6.01 Å². The number of nitrogens with zero attached hydrogens (tertiary/aromatic N) is 1. The normalized spacial score (nSPS) is 18.2. The summed E-state index contributed by atoms with van der Waals surface area (Å²) < 4.78 is 12.2. The summed E-state index contributed by atoms with van der Waals surface area (Å²) in [4.78, 5) is 4.57. The third-order valence-electron chi connectivity index (χ3n) is 6.12. The summed E-state index contributed by atoms with van der Waals surface area (Å²) in [7, 11) is 0. The Balaban J connectivity index is 1.53. The third kappa shape index (κ3) is 3.25. The molecule has 0 unspecified atom stereocenters. The van der Waals surface area contributed by atoms with Crippen LogP contribution in [0, 0.1) is 19.3 Å². The predicted molar refractivity (Wildman–Crippen MR) is 112 cm³/mol. The number of rotatable bonds is 3. The Kier molecular flexibility index (Phi) is 4.11. The number of aromatic nitrogens is 1. The molecule has 0 saturated carbocycles. The van der Waals surface area contributed by atoms with Crippen LogP contribution < -0.4 is 10.8 Å². The van der Waals surface area contributed by atoms with E-state index < -0.39 is 0 Å². The van der Waals surface area contributed by atoms with E-state index in [0.717, 1.165) is 28.7 Å². The predicted octanol–water partition coefficient (Wildman–Crippen LogP) is 5.22. The number of hydrogen-bond acceptors (Lipinski definition) is 4. The maximum absolute atomic E-state index is 6.32. The van der Waals surface area contributed by atoms with Gasteiger partial charge in [0.1, 0.15) is 5.52 Å². The van der Waals surface area contributed by atoms with Crippen LogP contribution in [0.3, 0.4) is 0 Å². The van der Waals surface area contributed by atoms with E-state index in [1.807, 2.05) is 13.0 Å². The van der Waals surface area contributed by atoms with Crippen LogP contribution in [0.25, 0.3) is 11.1 Å². The number of anilines is 2. The van der Waals surface area contributed by atoms with Crippen molar-refractivity contribution < 1.29 is 9.07 Å². The molecule has 0 spiro atoms. The van der Waals surface area contributed by atoms with Gasteiger partial charge in [-0.05, 0) is 74.2 Å². The van der Waals surface area contributed by atoms with Crippen LogP contribution in [0.2, 0.25) is 6.32 Å². The highest BCUT2D eigenvalue weighted by Crippen LogP contribution is 2.45. The van der Waals surface area contributed by atoms with E-state index in [1.165, 1.54) is 11.0 Å². The van der Waals surface area contributed by atoms with Gasteiger partial charge in [0.15, 0.2) is 5.58 Å². The van der Waals surface area contributed by atoms with Crippen molar-refractivity contribution in [2.75, 3.05) is 5.32 Å². The molecule has 1 aliphatic rings. The molecule has 2 aromatic carbocycles. The van der Waals surface area contributed by atoms with Crippen molar-refractivity contribution in [2.24, 2.45) is 5.41 Å². The van der Waals surface area contributed by atoms with Crippen molar-refractivity contribution in [1.82, 2.24) is 4.98 Å². The number of hydrogen-bond donors (Lipinski definition) is 1. The summed E-state index contributed by atoms with van der Waals surface area (Å²) in [5.74, 6) is 0. The van der Waals surface area contributed by atoms with Gasteiger partial charge in [-0.15, -0.1) is 0 Å².